The number of alkyl halides is 1. The average Bonchev–Trinajstić information content (AvgIpc) is 2.30. The van der Waals surface area contributed by atoms with Gasteiger partial charge in [-0.25, -0.2) is 4.79 Å². The largest absolute Gasteiger partial charge is 0.479 e. The van der Waals surface area contributed by atoms with Crippen LogP contribution in [0.5, 0.6) is 0 Å². The van der Waals surface area contributed by atoms with Crippen LogP contribution in [0.15, 0.2) is 18.2 Å². The smallest absolute Gasteiger partial charge is 0.337 e. The molecule has 0 spiro atoms. The van der Waals surface area contributed by atoms with Crippen LogP contribution in [-0.4, -0.2) is 27.3 Å². The van der Waals surface area contributed by atoms with Gasteiger partial charge in [-0.15, -0.1) is 0 Å². The van der Waals surface area contributed by atoms with E-state index in [0.29, 0.717) is 5.56 Å². The Morgan fingerprint density at radius 2 is 2.06 bits per heavy atom. The summed E-state index contributed by atoms with van der Waals surface area (Å²) in [7, 11) is 0. The lowest BCUT2D eigenvalue weighted by molar-refractivity contribution is -0.146. The molecule has 1 aromatic carbocycles. The van der Waals surface area contributed by atoms with Crippen LogP contribution in [0.1, 0.15) is 17.2 Å². The Bertz CT molecular complexity index is 447. The van der Waals surface area contributed by atoms with Crippen LogP contribution in [0.25, 0.3) is 0 Å². The van der Waals surface area contributed by atoms with Crippen molar-refractivity contribution < 1.29 is 19.8 Å². The first-order valence-corrected chi connectivity index (χ1v) is 5.95. The second-order valence-corrected chi connectivity index (χ2v) is 4.07. The molecule has 0 saturated heterocycles. The van der Waals surface area contributed by atoms with Crippen LogP contribution in [-0.2, 0) is 16.0 Å². The number of nitrogens with two attached hydrogens (primary N) is 1. The van der Waals surface area contributed by atoms with Crippen LogP contribution in [0.2, 0.25) is 0 Å². The van der Waals surface area contributed by atoms with Gasteiger partial charge in [0.25, 0.3) is 0 Å². The zero-order chi connectivity index (χ0) is 13.0. The molecule has 6 heteroatoms. The zero-order valence-electron chi connectivity index (χ0n) is 8.89. The van der Waals surface area contributed by atoms with Gasteiger partial charge in [0.05, 0.1) is 5.33 Å². The molecule has 0 aliphatic heterocycles. The Morgan fingerprint density at radius 3 is 2.59 bits per heavy atom. The Hall–Kier alpha value is -1.40. The normalized spacial score (nSPS) is 12.1. The minimum atomic E-state index is -1.67. The summed E-state index contributed by atoms with van der Waals surface area (Å²) < 4.78 is 0. The van der Waals surface area contributed by atoms with E-state index in [4.69, 9.17) is 10.8 Å². The van der Waals surface area contributed by atoms with Crippen molar-refractivity contribution in [2.45, 2.75) is 12.5 Å². The van der Waals surface area contributed by atoms with Gasteiger partial charge >= 0.3 is 5.97 Å². The first-order valence-electron chi connectivity index (χ1n) is 4.83. The third-order valence-electron chi connectivity index (χ3n) is 2.30. The number of rotatable bonds is 5. The molecule has 0 aliphatic rings. The number of aliphatic carboxylic acids is 1. The summed E-state index contributed by atoms with van der Waals surface area (Å²) in [6, 6.07) is 4.62. The fourth-order valence-electron chi connectivity index (χ4n) is 1.42. The van der Waals surface area contributed by atoms with E-state index in [1.54, 1.807) is 12.1 Å². The lowest BCUT2D eigenvalue weighted by atomic mass is 10.00. The van der Waals surface area contributed by atoms with Gasteiger partial charge in [-0.2, -0.15) is 0 Å². The highest BCUT2D eigenvalue weighted by Crippen LogP contribution is 2.24. The van der Waals surface area contributed by atoms with E-state index < -0.39 is 12.1 Å². The molecule has 1 aromatic rings. The number of hydrogen-bond acceptors (Lipinski definition) is 4. The molecule has 1 atom stereocenters. The summed E-state index contributed by atoms with van der Waals surface area (Å²) >= 11 is 3.03. The van der Waals surface area contributed by atoms with Crippen LogP contribution < -0.4 is 5.73 Å². The van der Waals surface area contributed by atoms with E-state index in [2.05, 4.69) is 15.9 Å². The maximum absolute atomic E-state index is 11.3. The number of anilines is 1. The predicted octanol–water partition coefficient (Wildman–Crippen LogP) is 0.893. The maximum Gasteiger partial charge on any atom is 0.337 e. The molecule has 4 N–H and O–H groups in total. The minimum absolute atomic E-state index is 0.0707. The monoisotopic (exact) mass is 301 g/mol. The number of aliphatic hydroxyl groups is 1. The Morgan fingerprint density at radius 1 is 1.41 bits per heavy atom. The number of benzene rings is 1. The Balaban J connectivity index is 3.07. The number of hydrogen-bond donors (Lipinski definition) is 3. The molecule has 0 radical (unpaired) electrons. The molecular weight excluding hydrogens is 290 g/mol. The molecule has 0 aliphatic carbocycles. The molecule has 0 saturated carbocycles. The molecular formula is C11H12BrNO4. The molecule has 1 unspecified atom stereocenters. The summed E-state index contributed by atoms with van der Waals surface area (Å²) in [4.78, 5) is 21.9. The summed E-state index contributed by atoms with van der Waals surface area (Å²) in [6.07, 6.45) is -1.56. The highest BCUT2D eigenvalue weighted by atomic mass is 79.9. The zero-order valence-corrected chi connectivity index (χ0v) is 10.5. The number of halogens is 1. The van der Waals surface area contributed by atoms with Crippen molar-refractivity contribution in [3.8, 4) is 0 Å². The highest BCUT2D eigenvalue weighted by molar-refractivity contribution is 9.09. The third kappa shape index (κ3) is 3.28. The maximum atomic E-state index is 11.3. The van der Waals surface area contributed by atoms with Gasteiger partial charge in [-0.3, -0.25) is 4.79 Å². The van der Waals surface area contributed by atoms with Crippen LogP contribution in [0, 0.1) is 0 Å². The van der Waals surface area contributed by atoms with Crippen molar-refractivity contribution >= 4 is 33.4 Å². The molecule has 0 aromatic heterocycles. The lowest BCUT2D eigenvalue weighted by Crippen LogP contribution is -2.14. The number of para-hydroxylation sites is 1. The third-order valence-corrected chi connectivity index (χ3v) is 2.92. The van der Waals surface area contributed by atoms with Crippen molar-refractivity contribution in [1.82, 2.24) is 0 Å². The van der Waals surface area contributed by atoms with Crippen LogP contribution in [0.4, 0.5) is 5.69 Å². The first kappa shape index (κ1) is 13.7. The van der Waals surface area contributed by atoms with Gasteiger partial charge in [0.1, 0.15) is 5.78 Å². The van der Waals surface area contributed by atoms with Gasteiger partial charge in [0, 0.05) is 17.7 Å². The summed E-state index contributed by atoms with van der Waals surface area (Å²) in [5.74, 6) is -1.45. The SMILES string of the molecule is Nc1c(CC(=O)CBr)cccc1C(O)C(=O)O. The summed E-state index contributed by atoms with van der Waals surface area (Å²) in [5.41, 5.74) is 6.51. The topological polar surface area (TPSA) is 101 Å². The van der Waals surface area contributed by atoms with Gasteiger partial charge < -0.3 is 15.9 Å². The molecule has 17 heavy (non-hydrogen) atoms. The second kappa shape index (κ2) is 5.79. The number of Topliss-reactive ketones (excluding diaryl/α,β-unsaturated/α-hetero) is 1. The van der Waals surface area contributed by atoms with Gasteiger partial charge in [0.15, 0.2) is 6.10 Å². The van der Waals surface area contributed by atoms with Crippen molar-refractivity contribution in [3.63, 3.8) is 0 Å². The van der Waals surface area contributed by atoms with Crippen LogP contribution in [0.3, 0.4) is 0 Å². The molecule has 0 bridgehead atoms. The number of carboxylic acid groups (broad SMARTS) is 1. The molecule has 92 valence electrons. The summed E-state index contributed by atoms with van der Waals surface area (Å²) in [6.45, 7) is 0. The van der Waals surface area contributed by atoms with Crippen molar-refractivity contribution in [3.05, 3.63) is 29.3 Å². The van der Waals surface area contributed by atoms with E-state index in [9.17, 15) is 14.7 Å². The number of nitrogen functional groups attached to an aromatic ring is 1. The Labute approximate surface area is 106 Å². The minimum Gasteiger partial charge on any atom is -0.479 e. The van der Waals surface area contributed by atoms with E-state index in [1.807, 2.05) is 0 Å². The predicted molar refractivity (Wildman–Crippen MR) is 66.0 cm³/mol. The van der Waals surface area contributed by atoms with E-state index in [-0.39, 0.29) is 28.8 Å². The Kier molecular flexibility index (Phi) is 4.65. The molecule has 0 heterocycles. The van der Waals surface area contributed by atoms with Crippen molar-refractivity contribution in [2.24, 2.45) is 0 Å². The van der Waals surface area contributed by atoms with Gasteiger partial charge in [-0.1, -0.05) is 34.1 Å². The number of aliphatic hydroxyl groups excluding tert-OH is 1. The first-order chi connectivity index (χ1) is 7.97. The van der Waals surface area contributed by atoms with Crippen molar-refractivity contribution in [2.75, 3.05) is 11.1 Å². The number of carboxylic acids is 1. The van der Waals surface area contributed by atoms with E-state index in [0.717, 1.165) is 0 Å². The van der Waals surface area contributed by atoms with Gasteiger partial charge in [-0.05, 0) is 5.56 Å². The van der Waals surface area contributed by atoms with Crippen molar-refractivity contribution in [1.29, 1.82) is 0 Å². The quantitative estimate of drug-likeness (QED) is 0.554. The average molecular weight is 302 g/mol. The van der Waals surface area contributed by atoms with Gasteiger partial charge in [0.2, 0.25) is 0 Å². The van der Waals surface area contributed by atoms with E-state index in [1.165, 1.54) is 6.07 Å². The molecule has 5 nitrogen and oxygen atoms in total. The molecule has 1 rings (SSSR count). The number of ketones is 1. The molecule has 0 fully saturated rings. The number of carbonyl (C=O) groups excluding carboxylic acids is 1. The fraction of sp³-hybridized carbons (Fsp3) is 0.273. The lowest BCUT2D eigenvalue weighted by Gasteiger charge is -2.12. The second-order valence-electron chi connectivity index (χ2n) is 3.51. The summed E-state index contributed by atoms with van der Waals surface area (Å²) in [5, 5.41) is 18.3. The van der Waals surface area contributed by atoms with Crippen LogP contribution >= 0.6 is 15.9 Å². The highest BCUT2D eigenvalue weighted by Gasteiger charge is 2.20. The number of carbonyl (C=O) groups is 2. The fourth-order valence-corrected chi connectivity index (χ4v) is 1.62. The standard InChI is InChI=1S/C11H12BrNO4/c12-5-7(14)4-6-2-1-3-8(9(6)13)10(15)11(16)17/h1-3,10,15H,4-5,13H2,(H,16,17). The van der Waals surface area contributed by atoms with E-state index >= 15 is 0 Å². The molecule has 0 amide bonds.